The number of imidazole rings is 1. The SMILES string of the molecule is C[C@@H](Cn1ccnc1)NC(=O)c1ccc(Br)cc1O. The van der Waals surface area contributed by atoms with Crippen molar-refractivity contribution in [1.29, 1.82) is 0 Å². The lowest BCUT2D eigenvalue weighted by Gasteiger charge is -2.15. The van der Waals surface area contributed by atoms with Crippen LogP contribution in [0.2, 0.25) is 0 Å². The zero-order chi connectivity index (χ0) is 13.8. The number of carbonyl (C=O) groups excluding carboxylic acids is 1. The topological polar surface area (TPSA) is 67.2 Å². The van der Waals surface area contributed by atoms with Gasteiger partial charge in [0.25, 0.3) is 5.91 Å². The van der Waals surface area contributed by atoms with Gasteiger partial charge in [0.05, 0.1) is 11.9 Å². The van der Waals surface area contributed by atoms with Crippen LogP contribution in [0.3, 0.4) is 0 Å². The molecule has 1 heterocycles. The fraction of sp³-hybridized carbons (Fsp3) is 0.231. The molecule has 19 heavy (non-hydrogen) atoms. The molecule has 0 radical (unpaired) electrons. The normalized spacial score (nSPS) is 12.1. The molecule has 1 atom stereocenters. The van der Waals surface area contributed by atoms with Crippen molar-refractivity contribution in [3.05, 3.63) is 47.0 Å². The Bertz CT molecular complexity index is 569. The molecule has 0 spiro atoms. The molecule has 0 aliphatic carbocycles. The number of nitrogens with one attached hydrogen (secondary N) is 1. The average Bonchev–Trinajstić information content (AvgIpc) is 2.81. The number of benzene rings is 1. The second kappa shape index (κ2) is 5.88. The van der Waals surface area contributed by atoms with E-state index in [4.69, 9.17) is 0 Å². The van der Waals surface area contributed by atoms with Gasteiger partial charge in [-0.15, -0.1) is 0 Å². The molecule has 0 aliphatic rings. The van der Waals surface area contributed by atoms with Crippen LogP contribution in [0, 0.1) is 0 Å². The lowest BCUT2D eigenvalue weighted by Crippen LogP contribution is -2.35. The van der Waals surface area contributed by atoms with E-state index >= 15 is 0 Å². The molecule has 0 saturated heterocycles. The first-order valence-corrected chi connectivity index (χ1v) is 6.60. The highest BCUT2D eigenvalue weighted by Gasteiger charge is 2.14. The second-order valence-corrected chi connectivity index (χ2v) is 5.21. The monoisotopic (exact) mass is 323 g/mol. The zero-order valence-corrected chi connectivity index (χ0v) is 12.0. The molecule has 0 bridgehead atoms. The van der Waals surface area contributed by atoms with Gasteiger partial charge in [-0.2, -0.15) is 0 Å². The van der Waals surface area contributed by atoms with E-state index in [1.165, 1.54) is 6.07 Å². The minimum atomic E-state index is -0.294. The maximum Gasteiger partial charge on any atom is 0.255 e. The fourth-order valence-electron chi connectivity index (χ4n) is 1.75. The van der Waals surface area contributed by atoms with Gasteiger partial charge in [-0.3, -0.25) is 4.79 Å². The van der Waals surface area contributed by atoms with E-state index in [0.29, 0.717) is 6.54 Å². The minimum Gasteiger partial charge on any atom is -0.507 e. The zero-order valence-electron chi connectivity index (χ0n) is 10.4. The van der Waals surface area contributed by atoms with Gasteiger partial charge in [-0.1, -0.05) is 15.9 Å². The summed E-state index contributed by atoms with van der Waals surface area (Å²) in [5.41, 5.74) is 0.265. The Kier molecular flexibility index (Phi) is 4.21. The highest BCUT2D eigenvalue weighted by molar-refractivity contribution is 9.10. The Morgan fingerprint density at radius 3 is 3.00 bits per heavy atom. The largest absolute Gasteiger partial charge is 0.507 e. The molecule has 0 fully saturated rings. The van der Waals surface area contributed by atoms with Crippen molar-refractivity contribution in [2.75, 3.05) is 0 Å². The van der Waals surface area contributed by atoms with Gasteiger partial charge in [0.1, 0.15) is 5.75 Å². The van der Waals surface area contributed by atoms with E-state index in [9.17, 15) is 9.90 Å². The Hall–Kier alpha value is -1.82. The van der Waals surface area contributed by atoms with Gasteiger partial charge in [0.2, 0.25) is 0 Å². The molecule has 5 nitrogen and oxygen atoms in total. The molecule has 2 N–H and O–H groups in total. The summed E-state index contributed by atoms with van der Waals surface area (Å²) in [4.78, 5) is 15.9. The second-order valence-electron chi connectivity index (χ2n) is 4.30. The molecule has 100 valence electrons. The number of phenols is 1. The predicted octanol–water partition coefficient (Wildman–Crippen LogP) is 2.17. The number of halogens is 1. The summed E-state index contributed by atoms with van der Waals surface area (Å²) >= 11 is 3.23. The number of phenolic OH excluding ortho intramolecular Hbond substituents is 1. The maximum absolute atomic E-state index is 12.0. The molecule has 0 aliphatic heterocycles. The quantitative estimate of drug-likeness (QED) is 0.906. The summed E-state index contributed by atoms with van der Waals surface area (Å²) in [6.07, 6.45) is 5.22. The van der Waals surface area contributed by atoms with Crippen molar-refractivity contribution in [2.45, 2.75) is 19.5 Å². The summed E-state index contributed by atoms with van der Waals surface area (Å²) in [5, 5.41) is 12.6. The molecule has 0 unspecified atom stereocenters. The molecule has 0 saturated carbocycles. The van der Waals surface area contributed by atoms with Gasteiger partial charge in [-0.05, 0) is 25.1 Å². The van der Waals surface area contributed by atoms with Gasteiger partial charge in [0, 0.05) is 29.5 Å². The third kappa shape index (κ3) is 3.57. The van der Waals surface area contributed by atoms with Crippen LogP contribution in [0.4, 0.5) is 0 Å². The Balaban J connectivity index is 2.00. The van der Waals surface area contributed by atoms with Crippen LogP contribution in [0.25, 0.3) is 0 Å². The maximum atomic E-state index is 12.0. The highest BCUT2D eigenvalue weighted by atomic mass is 79.9. The number of rotatable bonds is 4. The van der Waals surface area contributed by atoms with Gasteiger partial charge in [-0.25, -0.2) is 4.98 Å². The lowest BCUT2D eigenvalue weighted by molar-refractivity contribution is 0.0934. The van der Waals surface area contributed by atoms with Crippen LogP contribution in [0.1, 0.15) is 17.3 Å². The molecular formula is C13H14BrN3O2. The van der Waals surface area contributed by atoms with Crippen molar-refractivity contribution < 1.29 is 9.90 Å². The van der Waals surface area contributed by atoms with Crippen LogP contribution in [-0.2, 0) is 6.54 Å². The van der Waals surface area contributed by atoms with E-state index in [-0.39, 0.29) is 23.3 Å². The molecule has 6 heteroatoms. The molecule has 1 aromatic carbocycles. The number of amides is 1. The smallest absolute Gasteiger partial charge is 0.255 e. The highest BCUT2D eigenvalue weighted by Crippen LogP contribution is 2.22. The number of carbonyl (C=O) groups is 1. The van der Waals surface area contributed by atoms with Crippen LogP contribution in [-0.4, -0.2) is 26.6 Å². The van der Waals surface area contributed by atoms with Crippen molar-refractivity contribution in [3.8, 4) is 5.75 Å². The summed E-state index contributed by atoms with van der Waals surface area (Å²) in [6.45, 7) is 2.52. The minimum absolute atomic E-state index is 0.0401. The lowest BCUT2D eigenvalue weighted by atomic mass is 10.2. The number of hydrogen-bond donors (Lipinski definition) is 2. The van der Waals surface area contributed by atoms with E-state index in [1.807, 2.05) is 17.7 Å². The number of nitrogens with zero attached hydrogens (tertiary/aromatic N) is 2. The summed E-state index contributed by atoms with van der Waals surface area (Å²) in [6, 6.07) is 4.73. The van der Waals surface area contributed by atoms with Gasteiger partial charge >= 0.3 is 0 Å². The van der Waals surface area contributed by atoms with Crippen molar-refractivity contribution in [1.82, 2.24) is 14.9 Å². The molecule has 1 amide bonds. The van der Waals surface area contributed by atoms with E-state index < -0.39 is 0 Å². The molecular weight excluding hydrogens is 310 g/mol. The number of aromatic hydroxyl groups is 1. The predicted molar refractivity (Wildman–Crippen MR) is 75.0 cm³/mol. The number of hydrogen-bond acceptors (Lipinski definition) is 3. The first-order valence-electron chi connectivity index (χ1n) is 5.81. The van der Waals surface area contributed by atoms with E-state index in [2.05, 4.69) is 26.2 Å². The first-order chi connectivity index (χ1) is 9.06. The van der Waals surface area contributed by atoms with Crippen molar-refractivity contribution >= 4 is 21.8 Å². The van der Waals surface area contributed by atoms with Crippen LogP contribution < -0.4 is 5.32 Å². The Morgan fingerprint density at radius 2 is 2.37 bits per heavy atom. The standard InChI is InChI=1S/C13H14BrN3O2/c1-9(7-17-5-4-15-8-17)16-13(19)11-3-2-10(14)6-12(11)18/h2-6,8-9,18H,7H2,1H3,(H,16,19)/t9-/m0/s1. The fourth-order valence-corrected chi connectivity index (χ4v) is 2.10. The first kappa shape index (κ1) is 13.6. The summed E-state index contributed by atoms with van der Waals surface area (Å²) < 4.78 is 2.61. The third-order valence-electron chi connectivity index (χ3n) is 2.63. The van der Waals surface area contributed by atoms with Gasteiger partial charge in [0.15, 0.2) is 0 Å². The van der Waals surface area contributed by atoms with Crippen LogP contribution in [0.15, 0.2) is 41.4 Å². The molecule has 2 aromatic rings. The average molecular weight is 324 g/mol. The Morgan fingerprint density at radius 1 is 1.58 bits per heavy atom. The van der Waals surface area contributed by atoms with E-state index in [1.54, 1.807) is 24.7 Å². The van der Waals surface area contributed by atoms with Crippen LogP contribution in [0.5, 0.6) is 5.75 Å². The van der Waals surface area contributed by atoms with E-state index in [0.717, 1.165) is 4.47 Å². The third-order valence-corrected chi connectivity index (χ3v) is 3.12. The molecule has 1 aromatic heterocycles. The Labute approximate surface area is 119 Å². The van der Waals surface area contributed by atoms with Crippen LogP contribution >= 0.6 is 15.9 Å². The summed E-state index contributed by atoms with van der Waals surface area (Å²) in [5.74, 6) is -0.334. The van der Waals surface area contributed by atoms with Crippen molar-refractivity contribution in [2.24, 2.45) is 0 Å². The summed E-state index contributed by atoms with van der Waals surface area (Å²) in [7, 11) is 0. The molecule has 2 rings (SSSR count). The van der Waals surface area contributed by atoms with Gasteiger partial charge < -0.3 is 15.0 Å². The number of aromatic nitrogens is 2. The van der Waals surface area contributed by atoms with Crippen molar-refractivity contribution in [3.63, 3.8) is 0 Å².